The standard InChI is InChI=1S/C17H16FNO/c18-14-9-7-13(8-10-14)17(20)15-5-1-2-6-16(15)19-11-3-4-12-19/h1-2,5-10H,3-4,11-12H2. The molecule has 0 saturated carbocycles. The van der Waals surface area contributed by atoms with Gasteiger partial charge in [-0.2, -0.15) is 0 Å². The topological polar surface area (TPSA) is 20.3 Å². The highest BCUT2D eigenvalue weighted by Crippen LogP contribution is 2.26. The normalized spacial score (nSPS) is 14.6. The number of anilines is 1. The Balaban J connectivity index is 1.97. The molecule has 3 heteroatoms. The summed E-state index contributed by atoms with van der Waals surface area (Å²) in [5.41, 5.74) is 2.21. The number of hydrogen-bond donors (Lipinski definition) is 0. The summed E-state index contributed by atoms with van der Waals surface area (Å²) in [5, 5.41) is 0. The average molecular weight is 269 g/mol. The minimum Gasteiger partial charge on any atom is -0.371 e. The first kappa shape index (κ1) is 12.9. The molecule has 2 aromatic carbocycles. The van der Waals surface area contributed by atoms with Gasteiger partial charge in [-0.3, -0.25) is 4.79 Å². The van der Waals surface area contributed by atoms with Gasteiger partial charge in [-0.25, -0.2) is 4.39 Å². The second-order valence-corrected chi connectivity index (χ2v) is 5.05. The number of rotatable bonds is 3. The Kier molecular flexibility index (Phi) is 3.50. The van der Waals surface area contributed by atoms with Gasteiger partial charge in [-0.15, -0.1) is 0 Å². The number of benzene rings is 2. The molecule has 1 heterocycles. The number of ketones is 1. The predicted octanol–water partition coefficient (Wildman–Crippen LogP) is 3.66. The molecule has 2 aromatic rings. The molecule has 1 saturated heterocycles. The van der Waals surface area contributed by atoms with Crippen molar-refractivity contribution in [3.05, 3.63) is 65.5 Å². The molecule has 0 bridgehead atoms. The van der Waals surface area contributed by atoms with E-state index in [0.717, 1.165) is 18.8 Å². The third kappa shape index (κ3) is 2.44. The maximum Gasteiger partial charge on any atom is 0.195 e. The van der Waals surface area contributed by atoms with Crippen LogP contribution < -0.4 is 4.90 Å². The Labute approximate surface area is 117 Å². The van der Waals surface area contributed by atoms with Crippen LogP contribution >= 0.6 is 0 Å². The molecule has 0 amide bonds. The lowest BCUT2D eigenvalue weighted by Crippen LogP contribution is -2.20. The maximum absolute atomic E-state index is 13.0. The first-order valence-corrected chi connectivity index (χ1v) is 6.90. The van der Waals surface area contributed by atoms with E-state index < -0.39 is 0 Å². The minimum absolute atomic E-state index is 0.0486. The zero-order valence-electron chi connectivity index (χ0n) is 11.2. The molecular weight excluding hydrogens is 253 g/mol. The fourth-order valence-corrected chi connectivity index (χ4v) is 2.66. The van der Waals surface area contributed by atoms with Crippen LogP contribution in [0.25, 0.3) is 0 Å². The maximum atomic E-state index is 13.0. The third-order valence-electron chi connectivity index (χ3n) is 3.70. The molecule has 1 aliphatic rings. The largest absolute Gasteiger partial charge is 0.371 e. The second-order valence-electron chi connectivity index (χ2n) is 5.05. The van der Waals surface area contributed by atoms with E-state index in [2.05, 4.69) is 4.90 Å². The summed E-state index contributed by atoms with van der Waals surface area (Å²) in [5.74, 6) is -0.373. The molecule has 0 spiro atoms. The molecule has 0 aromatic heterocycles. The van der Waals surface area contributed by atoms with Crippen LogP contribution in [0.3, 0.4) is 0 Å². The number of halogens is 1. The number of para-hydroxylation sites is 1. The van der Waals surface area contributed by atoms with E-state index in [1.54, 1.807) is 12.1 Å². The molecule has 102 valence electrons. The summed E-state index contributed by atoms with van der Waals surface area (Å²) in [4.78, 5) is 14.8. The highest BCUT2D eigenvalue weighted by molar-refractivity contribution is 6.12. The van der Waals surface area contributed by atoms with E-state index in [1.807, 2.05) is 24.3 Å². The number of carbonyl (C=O) groups is 1. The van der Waals surface area contributed by atoms with E-state index in [-0.39, 0.29) is 11.6 Å². The van der Waals surface area contributed by atoms with Crippen LogP contribution in [-0.2, 0) is 0 Å². The number of nitrogens with zero attached hydrogens (tertiary/aromatic N) is 1. The van der Waals surface area contributed by atoms with Gasteiger partial charge in [0.05, 0.1) is 0 Å². The summed E-state index contributed by atoms with van der Waals surface area (Å²) < 4.78 is 13.0. The smallest absolute Gasteiger partial charge is 0.195 e. The van der Waals surface area contributed by atoms with Crippen LogP contribution in [0.15, 0.2) is 48.5 Å². The zero-order chi connectivity index (χ0) is 13.9. The van der Waals surface area contributed by atoms with Crippen LogP contribution in [-0.4, -0.2) is 18.9 Å². The molecule has 0 aliphatic carbocycles. The lowest BCUT2D eigenvalue weighted by Gasteiger charge is -2.20. The van der Waals surface area contributed by atoms with Crippen molar-refractivity contribution in [3.63, 3.8) is 0 Å². The SMILES string of the molecule is O=C(c1ccc(F)cc1)c1ccccc1N1CCCC1. The molecule has 0 N–H and O–H groups in total. The van der Waals surface area contributed by atoms with Gasteiger partial charge in [0.15, 0.2) is 5.78 Å². The Morgan fingerprint density at radius 1 is 0.950 bits per heavy atom. The quantitative estimate of drug-likeness (QED) is 0.793. The first-order chi connectivity index (χ1) is 9.75. The van der Waals surface area contributed by atoms with Gasteiger partial charge in [-0.1, -0.05) is 12.1 Å². The summed E-state index contributed by atoms with van der Waals surface area (Å²) in [6.07, 6.45) is 2.33. The van der Waals surface area contributed by atoms with Crippen LogP contribution in [0, 0.1) is 5.82 Å². The average Bonchev–Trinajstić information content (AvgIpc) is 3.01. The summed E-state index contributed by atoms with van der Waals surface area (Å²) in [7, 11) is 0. The highest BCUT2D eigenvalue weighted by atomic mass is 19.1. The van der Waals surface area contributed by atoms with Crippen LogP contribution in [0.2, 0.25) is 0 Å². The zero-order valence-corrected chi connectivity index (χ0v) is 11.2. The van der Waals surface area contributed by atoms with E-state index in [1.165, 1.54) is 25.0 Å². The number of carbonyl (C=O) groups excluding carboxylic acids is 1. The van der Waals surface area contributed by atoms with Gasteiger partial charge >= 0.3 is 0 Å². The lowest BCUT2D eigenvalue weighted by molar-refractivity contribution is 0.103. The van der Waals surface area contributed by atoms with E-state index in [9.17, 15) is 9.18 Å². The Hall–Kier alpha value is -2.16. The summed E-state index contributed by atoms with van der Waals surface area (Å²) in [6.45, 7) is 1.99. The molecule has 0 atom stereocenters. The molecule has 0 radical (unpaired) electrons. The highest BCUT2D eigenvalue weighted by Gasteiger charge is 2.19. The fourth-order valence-electron chi connectivity index (χ4n) is 2.66. The monoisotopic (exact) mass is 269 g/mol. The van der Waals surface area contributed by atoms with E-state index >= 15 is 0 Å². The van der Waals surface area contributed by atoms with Crippen molar-refractivity contribution in [2.45, 2.75) is 12.8 Å². The van der Waals surface area contributed by atoms with Crippen LogP contribution in [0.4, 0.5) is 10.1 Å². The van der Waals surface area contributed by atoms with E-state index in [4.69, 9.17) is 0 Å². The Bertz CT molecular complexity index is 615. The van der Waals surface area contributed by atoms with Crippen molar-refractivity contribution in [3.8, 4) is 0 Å². The predicted molar refractivity (Wildman–Crippen MR) is 77.7 cm³/mol. The van der Waals surface area contributed by atoms with Gasteiger partial charge in [0.1, 0.15) is 5.82 Å². The van der Waals surface area contributed by atoms with Crippen molar-refractivity contribution >= 4 is 11.5 Å². The molecule has 3 rings (SSSR count). The molecule has 20 heavy (non-hydrogen) atoms. The van der Waals surface area contributed by atoms with Crippen molar-refractivity contribution in [2.75, 3.05) is 18.0 Å². The molecule has 1 fully saturated rings. The van der Waals surface area contributed by atoms with Crippen molar-refractivity contribution in [2.24, 2.45) is 0 Å². The molecule has 2 nitrogen and oxygen atoms in total. The van der Waals surface area contributed by atoms with Crippen molar-refractivity contribution in [1.82, 2.24) is 0 Å². The van der Waals surface area contributed by atoms with Gasteiger partial charge in [0.25, 0.3) is 0 Å². The van der Waals surface area contributed by atoms with Crippen molar-refractivity contribution in [1.29, 1.82) is 0 Å². The molecule has 0 unspecified atom stereocenters. The van der Waals surface area contributed by atoms with Gasteiger partial charge in [-0.05, 0) is 49.2 Å². The first-order valence-electron chi connectivity index (χ1n) is 6.90. The molecular formula is C17H16FNO. The van der Waals surface area contributed by atoms with Crippen LogP contribution in [0.1, 0.15) is 28.8 Å². The summed E-state index contributed by atoms with van der Waals surface area (Å²) >= 11 is 0. The fraction of sp³-hybridized carbons (Fsp3) is 0.235. The Morgan fingerprint density at radius 3 is 2.30 bits per heavy atom. The van der Waals surface area contributed by atoms with Crippen LogP contribution in [0.5, 0.6) is 0 Å². The van der Waals surface area contributed by atoms with E-state index in [0.29, 0.717) is 11.1 Å². The van der Waals surface area contributed by atoms with Gasteiger partial charge in [0.2, 0.25) is 0 Å². The Morgan fingerprint density at radius 2 is 1.60 bits per heavy atom. The summed E-state index contributed by atoms with van der Waals surface area (Å²) in [6, 6.07) is 13.4. The molecule has 1 aliphatic heterocycles. The minimum atomic E-state index is -0.325. The second kappa shape index (κ2) is 5.45. The third-order valence-corrected chi connectivity index (χ3v) is 3.70. The lowest BCUT2D eigenvalue weighted by atomic mass is 10.0. The number of hydrogen-bond acceptors (Lipinski definition) is 2. The van der Waals surface area contributed by atoms with Crippen molar-refractivity contribution < 1.29 is 9.18 Å². The van der Waals surface area contributed by atoms with Gasteiger partial charge < -0.3 is 4.90 Å². The van der Waals surface area contributed by atoms with Gasteiger partial charge in [0, 0.05) is 29.9 Å².